The first-order valence-corrected chi connectivity index (χ1v) is 10.3. The number of carbonyl (C=O) groups excluding carboxylic acids is 2. The summed E-state index contributed by atoms with van der Waals surface area (Å²) in [6.45, 7) is 1.02. The van der Waals surface area contributed by atoms with Gasteiger partial charge in [0.25, 0.3) is 0 Å². The van der Waals surface area contributed by atoms with E-state index in [1.54, 1.807) is 6.92 Å². The number of hydrogen-bond acceptors (Lipinski definition) is 5. The number of esters is 1. The highest BCUT2D eigenvalue weighted by Crippen LogP contribution is 2.54. The number of carbonyl (C=O) groups is 3. The van der Waals surface area contributed by atoms with Crippen molar-refractivity contribution < 1.29 is 29.0 Å². The Kier molecular flexibility index (Phi) is 7.30. The average Bonchev–Trinajstić information content (AvgIpc) is 3.40. The first-order chi connectivity index (χ1) is 14.8. The van der Waals surface area contributed by atoms with Crippen LogP contribution in [-0.2, 0) is 23.9 Å². The van der Waals surface area contributed by atoms with Crippen molar-refractivity contribution in [2.45, 2.75) is 31.2 Å². The maximum absolute atomic E-state index is 12.3. The maximum atomic E-state index is 12.3. The number of hydrogen-bond donors (Lipinski definition) is 2. The number of aliphatic carboxylic acids is 1. The van der Waals surface area contributed by atoms with E-state index in [9.17, 15) is 14.4 Å². The number of benzene rings is 2. The van der Waals surface area contributed by atoms with Crippen molar-refractivity contribution in [1.82, 2.24) is 5.32 Å². The molecule has 2 aromatic rings. The standard InChI is InChI=1S/C23H24ClNO6/c1-2-31-22(29)12-23(25-20(26)13-30-14-21(27)28)11-19(23)16-8-6-15(7-9-16)17-4-3-5-18(24)10-17/h3-10,19H,2,11-14H2,1H3,(H,25,26)(H,27,28)/t19-,23?/m0/s1. The Hall–Kier alpha value is -2.90. The van der Waals surface area contributed by atoms with Crippen molar-refractivity contribution in [2.75, 3.05) is 19.8 Å². The average molecular weight is 446 g/mol. The van der Waals surface area contributed by atoms with Crippen molar-refractivity contribution in [3.05, 3.63) is 59.1 Å². The van der Waals surface area contributed by atoms with Crippen LogP contribution in [0.3, 0.4) is 0 Å². The zero-order valence-corrected chi connectivity index (χ0v) is 17.9. The highest BCUT2D eigenvalue weighted by Gasteiger charge is 2.57. The molecule has 1 fully saturated rings. The van der Waals surface area contributed by atoms with E-state index in [2.05, 4.69) is 5.32 Å². The highest BCUT2D eigenvalue weighted by atomic mass is 35.5. The van der Waals surface area contributed by atoms with Crippen LogP contribution in [0, 0.1) is 0 Å². The first-order valence-electron chi connectivity index (χ1n) is 9.95. The topological polar surface area (TPSA) is 102 Å². The van der Waals surface area contributed by atoms with E-state index in [-0.39, 0.29) is 18.9 Å². The predicted octanol–water partition coefficient (Wildman–Crippen LogP) is 3.40. The summed E-state index contributed by atoms with van der Waals surface area (Å²) >= 11 is 6.07. The fraction of sp³-hybridized carbons (Fsp3) is 0.348. The summed E-state index contributed by atoms with van der Waals surface area (Å²) in [5.41, 5.74) is 2.22. The number of halogens is 1. The molecule has 1 saturated carbocycles. The van der Waals surface area contributed by atoms with E-state index in [1.165, 1.54) is 0 Å². The highest BCUT2D eigenvalue weighted by molar-refractivity contribution is 6.30. The van der Waals surface area contributed by atoms with Crippen LogP contribution in [-0.4, -0.2) is 48.3 Å². The molecule has 3 rings (SSSR count). The molecular formula is C23H24ClNO6. The Morgan fingerprint density at radius 2 is 1.87 bits per heavy atom. The number of ether oxygens (including phenoxy) is 2. The second-order valence-electron chi connectivity index (χ2n) is 7.46. The normalized spacial score (nSPS) is 19.5. The van der Waals surface area contributed by atoms with Gasteiger partial charge in [-0.3, -0.25) is 9.59 Å². The lowest BCUT2D eigenvalue weighted by atomic mass is 9.99. The van der Waals surface area contributed by atoms with Crippen LogP contribution in [0.15, 0.2) is 48.5 Å². The molecule has 0 saturated heterocycles. The summed E-state index contributed by atoms with van der Waals surface area (Å²) < 4.78 is 9.93. The molecule has 0 radical (unpaired) electrons. The lowest BCUT2D eigenvalue weighted by Gasteiger charge is -2.19. The van der Waals surface area contributed by atoms with Crippen LogP contribution in [0.5, 0.6) is 0 Å². The Morgan fingerprint density at radius 3 is 2.52 bits per heavy atom. The SMILES string of the molecule is CCOC(=O)CC1(NC(=O)COCC(=O)O)C[C@H]1c1ccc(-c2cccc(Cl)c2)cc1. The van der Waals surface area contributed by atoms with E-state index < -0.39 is 36.6 Å². The molecule has 0 aliphatic heterocycles. The summed E-state index contributed by atoms with van der Waals surface area (Å²) in [4.78, 5) is 35.0. The van der Waals surface area contributed by atoms with Gasteiger partial charge in [0, 0.05) is 10.9 Å². The third kappa shape index (κ3) is 6.06. The van der Waals surface area contributed by atoms with E-state index >= 15 is 0 Å². The minimum Gasteiger partial charge on any atom is -0.480 e. The van der Waals surface area contributed by atoms with Gasteiger partial charge in [-0.25, -0.2) is 4.79 Å². The van der Waals surface area contributed by atoms with Crippen LogP contribution >= 0.6 is 11.6 Å². The molecule has 164 valence electrons. The van der Waals surface area contributed by atoms with E-state index in [0.29, 0.717) is 11.4 Å². The van der Waals surface area contributed by atoms with E-state index in [1.807, 2.05) is 48.5 Å². The molecule has 2 atom stereocenters. The number of amides is 1. The van der Waals surface area contributed by atoms with Gasteiger partial charge < -0.3 is 19.9 Å². The van der Waals surface area contributed by atoms with Crippen molar-refractivity contribution >= 4 is 29.4 Å². The molecular weight excluding hydrogens is 422 g/mol. The van der Waals surface area contributed by atoms with Gasteiger partial charge in [0.1, 0.15) is 13.2 Å². The zero-order valence-electron chi connectivity index (χ0n) is 17.1. The van der Waals surface area contributed by atoms with E-state index in [4.69, 9.17) is 26.2 Å². The summed E-state index contributed by atoms with van der Waals surface area (Å²) in [6.07, 6.45) is 0.610. The summed E-state index contributed by atoms with van der Waals surface area (Å²) in [5, 5.41) is 12.1. The molecule has 2 aromatic carbocycles. The summed E-state index contributed by atoms with van der Waals surface area (Å²) in [6, 6.07) is 15.5. The van der Waals surface area contributed by atoms with Gasteiger partial charge in [-0.1, -0.05) is 48.0 Å². The Morgan fingerprint density at radius 1 is 1.13 bits per heavy atom. The van der Waals surface area contributed by atoms with Crippen LogP contribution in [0.25, 0.3) is 11.1 Å². The lowest BCUT2D eigenvalue weighted by molar-refractivity contribution is -0.144. The van der Waals surface area contributed by atoms with Crippen molar-refractivity contribution in [3.63, 3.8) is 0 Å². The number of carboxylic acid groups (broad SMARTS) is 1. The minimum atomic E-state index is -1.15. The van der Waals surface area contributed by atoms with E-state index in [0.717, 1.165) is 16.7 Å². The van der Waals surface area contributed by atoms with Gasteiger partial charge in [-0.15, -0.1) is 0 Å². The van der Waals surface area contributed by atoms with Gasteiger partial charge in [0.05, 0.1) is 18.6 Å². The zero-order chi connectivity index (χ0) is 22.4. The Balaban J connectivity index is 1.72. The van der Waals surface area contributed by atoms with Crippen molar-refractivity contribution in [3.8, 4) is 11.1 Å². The van der Waals surface area contributed by atoms with Crippen molar-refractivity contribution in [2.24, 2.45) is 0 Å². The second-order valence-corrected chi connectivity index (χ2v) is 7.90. The van der Waals surface area contributed by atoms with Crippen LogP contribution in [0.4, 0.5) is 0 Å². The molecule has 7 nitrogen and oxygen atoms in total. The minimum absolute atomic E-state index is 0.0340. The van der Waals surface area contributed by atoms with Gasteiger partial charge in [-0.05, 0) is 42.2 Å². The Labute approximate surface area is 185 Å². The molecule has 1 aliphatic carbocycles. The van der Waals surface area contributed by atoms with Crippen LogP contribution < -0.4 is 5.32 Å². The molecule has 1 unspecified atom stereocenters. The first kappa shape index (κ1) is 22.8. The molecule has 1 amide bonds. The summed E-state index contributed by atoms with van der Waals surface area (Å²) in [7, 11) is 0. The van der Waals surface area contributed by atoms with Gasteiger partial charge in [0.2, 0.25) is 5.91 Å². The smallest absolute Gasteiger partial charge is 0.329 e. The molecule has 1 aliphatic rings. The third-order valence-electron chi connectivity index (χ3n) is 5.16. The monoisotopic (exact) mass is 445 g/mol. The maximum Gasteiger partial charge on any atom is 0.329 e. The third-order valence-corrected chi connectivity index (χ3v) is 5.39. The van der Waals surface area contributed by atoms with Crippen LogP contribution in [0.1, 0.15) is 31.2 Å². The molecule has 0 heterocycles. The molecule has 8 heteroatoms. The van der Waals surface area contributed by atoms with Gasteiger partial charge in [0.15, 0.2) is 0 Å². The second kappa shape index (κ2) is 9.94. The molecule has 0 spiro atoms. The fourth-order valence-electron chi connectivity index (χ4n) is 3.71. The molecule has 2 N–H and O–H groups in total. The van der Waals surface area contributed by atoms with Crippen LogP contribution in [0.2, 0.25) is 5.02 Å². The quantitative estimate of drug-likeness (QED) is 0.543. The van der Waals surface area contributed by atoms with Gasteiger partial charge in [-0.2, -0.15) is 0 Å². The number of nitrogens with one attached hydrogen (secondary N) is 1. The fourth-order valence-corrected chi connectivity index (χ4v) is 3.90. The number of carboxylic acids is 1. The molecule has 0 aromatic heterocycles. The summed E-state index contributed by atoms with van der Waals surface area (Å²) in [5.74, 6) is -2.08. The largest absolute Gasteiger partial charge is 0.480 e. The molecule has 0 bridgehead atoms. The predicted molar refractivity (Wildman–Crippen MR) is 115 cm³/mol. The molecule has 31 heavy (non-hydrogen) atoms. The van der Waals surface area contributed by atoms with Crippen molar-refractivity contribution in [1.29, 1.82) is 0 Å². The lowest BCUT2D eigenvalue weighted by Crippen LogP contribution is -2.42. The van der Waals surface area contributed by atoms with Gasteiger partial charge >= 0.3 is 11.9 Å². The number of rotatable bonds is 10. The Bertz CT molecular complexity index is 961.